The molecule has 0 bridgehead atoms. The predicted molar refractivity (Wildman–Crippen MR) is 98.2 cm³/mol. The topological polar surface area (TPSA) is 81.1 Å². The Labute approximate surface area is 148 Å². The predicted octanol–water partition coefficient (Wildman–Crippen LogP) is 1.27. The molecule has 2 aromatic rings. The van der Waals surface area contributed by atoms with Gasteiger partial charge in [0.1, 0.15) is 0 Å². The fourth-order valence-corrected chi connectivity index (χ4v) is 5.08. The second-order valence-electron chi connectivity index (χ2n) is 6.68. The van der Waals surface area contributed by atoms with Crippen LogP contribution in [-0.2, 0) is 10.0 Å². The molecule has 0 radical (unpaired) electrons. The van der Waals surface area contributed by atoms with Crippen molar-refractivity contribution in [3.05, 3.63) is 36.4 Å². The molecule has 136 valence electrons. The first-order chi connectivity index (χ1) is 11.9. The first kappa shape index (κ1) is 18.1. The molecule has 1 fully saturated rings. The van der Waals surface area contributed by atoms with Crippen molar-refractivity contribution in [2.24, 2.45) is 5.92 Å². The van der Waals surface area contributed by atoms with Crippen molar-refractivity contribution in [2.75, 3.05) is 38.7 Å². The number of aliphatic hydroxyl groups excluding tert-OH is 2. The molecule has 2 aromatic carbocycles. The van der Waals surface area contributed by atoms with Crippen LogP contribution in [-0.4, -0.2) is 62.8 Å². The lowest BCUT2D eigenvalue weighted by Gasteiger charge is -2.34. The SMILES string of the molecule is CN(C)c1cccc2c(S(=O)(=O)N3CC[C@@H](CO)[C@H](O)C3)cccc12. The molecule has 1 aliphatic heterocycles. The van der Waals surface area contributed by atoms with Crippen molar-refractivity contribution >= 4 is 26.5 Å². The maximum absolute atomic E-state index is 13.2. The fourth-order valence-electron chi connectivity index (χ4n) is 3.40. The summed E-state index contributed by atoms with van der Waals surface area (Å²) in [5, 5.41) is 20.9. The zero-order chi connectivity index (χ0) is 18.2. The summed E-state index contributed by atoms with van der Waals surface area (Å²) in [6, 6.07) is 10.9. The van der Waals surface area contributed by atoms with E-state index >= 15 is 0 Å². The van der Waals surface area contributed by atoms with Crippen molar-refractivity contribution in [3.63, 3.8) is 0 Å². The highest BCUT2D eigenvalue weighted by Gasteiger charge is 2.35. The lowest BCUT2D eigenvalue weighted by Crippen LogP contribution is -2.47. The van der Waals surface area contributed by atoms with E-state index in [0.717, 1.165) is 11.1 Å². The molecule has 2 N–H and O–H groups in total. The van der Waals surface area contributed by atoms with Crippen LogP contribution in [0.1, 0.15) is 6.42 Å². The summed E-state index contributed by atoms with van der Waals surface area (Å²) in [7, 11) is 0.123. The maximum Gasteiger partial charge on any atom is 0.243 e. The summed E-state index contributed by atoms with van der Waals surface area (Å²) < 4.78 is 27.6. The smallest absolute Gasteiger partial charge is 0.243 e. The van der Waals surface area contributed by atoms with Crippen LogP contribution in [0.5, 0.6) is 0 Å². The number of aliphatic hydroxyl groups is 2. The Morgan fingerprint density at radius 2 is 1.84 bits per heavy atom. The van der Waals surface area contributed by atoms with E-state index in [2.05, 4.69) is 0 Å². The number of hydrogen-bond acceptors (Lipinski definition) is 5. The van der Waals surface area contributed by atoms with Gasteiger partial charge in [-0.05, 0) is 18.6 Å². The lowest BCUT2D eigenvalue weighted by atomic mass is 9.96. The summed E-state index contributed by atoms with van der Waals surface area (Å²) in [5.41, 5.74) is 0.952. The number of benzene rings is 2. The van der Waals surface area contributed by atoms with Gasteiger partial charge in [-0.1, -0.05) is 24.3 Å². The van der Waals surface area contributed by atoms with Gasteiger partial charge in [-0.15, -0.1) is 0 Å². The molecule has 0 spiro atoms. The Morgan fingerprint density at radius 3 is 2.48 bits per heavy atom. The van der Waals surface area contributed by atoms with Crippen LogP contribution in [0.4, 0.5) is 5.69 Å². The number of fused-ring (bicyclic) bond motifs is 1. The van der Waals surface area contributed by atoms with Gasteiger partial charge in [-0.25, -0.2) is 8.42 Å². The second-order valence-corrected chi connectivity index (χ2v) is 8.59. The molecule has 25 heavy (non-hydrogen) atoms. The Morgan fingerprint density at radius 1 is 1.16 bits per heavy atom. The Kier molecular flexibility index (Phi) is 5.02. The van der Waals surface area contributed by atoms with Gasteiger partial charge in [0.2, 0.25) is 10.0 Å². The highest BCUT2D eigenvalue weighted by Crippen LogP contribution is 2.32. The first-order valence-electron chi connectivity index (χ1n) is 8.34. The van der Waals surface area contributed by atoms with Gasteiger partial charge >= 0.3 is 0 Å². The molecule has 2 atom stereocenters. The Balaban J connectivity index is 2.05. The Bertz CT molecular complexity index is 867. The number of nitrogens with zero attached hydrogens (tertiary/aromatic N) is 2. The van der Waals surface area contributed by atoms with Crippen molar-refractivity contribution in [1.29, 1.82) is 0 Å². The van der Waals surface area contributed by atoms with Crippen molar-refractivity contribution in [2.45, 2.75) is 17.4 Å². The third kappa shape index (κ3) is 3.25. The standard InChI is InChI=1S/C18H24N2O4S/c1-19(2)16-7-3-6-15-14(16)5-4-8-18(15)25(23,24)20-10-9-13(12-21)17(22)11-20/h3-8,13,17,21-22H,9-12H2,1-2H3/t13-,17+/m0/s1. The molecule has 0 unspecified atom stereocenters. The number of sulfonamides is 1. The zero-order valence-corrected chi connectivity index (χ0v) is 15.3. The maximum atomic E-state index is 13.2. The minimum absolute atomic E-state index is 0.0112. The van der Waals surface area contributed by atoms with Crippen LogP contribution < -0.4 is 4.90 Å². The van der Waals surface area contributed by atoms with Gasteiger partial charge in [0.25, 0.3) is 0 Å². The van der Waals surface area contributed by atoms with Gasteiger partial charge in [-0.2, -0.15) is 4.31 Å². The summed E-state index contributed by atoms with van der Waals surface area (Å²) in [6.45, 7) is 0.182. The van der Waals surface area contributed by atoms with E-state index in [1.807, 2.05) is 43.3 Å². The molecular weight excluding hydrogens is 340 g/mol. The average molecular weight is 364 g/mol. The van der Waals surface area contributed by atoms with Crippen molar-refractivity contribution in [3.8, 4) is 0 Å². The summed E-state index contributed by atoms with van der Waals surface area (Å²) >= 11 is 0. The molecule has 0 saturated carbocycles. The van der Waals surface area contributed by atoms with Crippen LogP contribution >= 0.6 is 0 Å². The highest BCUT2D eigenvalue weighted by molar-refractivity contribution is 7.89. The van der Waals surface area contributed by atoms with E-state index in [0.29, 0.717) is 18.4 Å². The highest BCUT2D eigenvalue weighted by atomic mass is 32.2. The minimum Gasteiger partial charge on any atom is -0.396 e. The van der Waals surface area contributed by atoms with Crippen LogP contribution in [0.3, 0.4) is 0 Å². The van der Waals surface area contributed by atoms with E-state index < -0.39 is 16.1 Å². The van der Waals surface area contributed by atoms with E-state index in [4.69, 9.17) is 0 Å². The molecule has 0 aliphatic carbocycles. The number of piperidine rings is 1. The Hall–Kier alpha value is -1.67. The number of β-amino-alcohol motifs (C(OH)–C–C–N with tert-alkyl or cyclic N) is 1. The van der Waals surface area contributed by atoms with Crippen molar-refractivity contribution < 1.29 is 18.6 Å². The summed E-state index contributed by atoms with van der Waals surface area (Å²) in [4.78, 5) is 2.21. The minimum atomic E-state index is -3.72. The van der Waals surface area contributed by atoms with Crippen LogP contribution in [0.25, 0.3) is 10.8 Å². The fraction of sp³-hybridized carbons (Fsp3) is 0.444. The van der Waals surface area contributed by atoms with Gasteiger partial charge < -0.3 is 15.1 Å². The van der Waals surface area contributed by atoms with Gasteiger partial charge in [0.15, 0.2) is 0 Å². The molecule has 0 aromatic heterocycles. The number of hydrogen-bond donors (Lipinski definition) is 2. The number of rotatable bonds is 4. The quantitative estimate of drug-likeness (QED) is 0.854. The molecule has 1 saturated heterocycles. The monoisotopic (exact) mass is 364 g/mol. The second kappa shape index (κ2) is 6.92. The zero-order valence-electron chi connectivity index (χ0n) is 14.5. The lowest BCUT2D eigenvalue weighted by molar-refractivity contribution is 0.0222. The molecule has 6 nitrogen and oxygen atoms in total. The molecule has 1 aliphatic rings. The van der Waals surface area contributed by atoms with E-state index in [9.17, 15) is 18.6 Å². The van der Waals surface area contributed by atoms with Crippen molar-refractivity contribution in [1.82, 2.24) is 4.31 Å². The molecule has 0 amide bonds. The molecule has 1 heterocycles. The third-order valence-corrected chi connectivity index (χ3v) is 6.80. The normalized spacial score (nSPS) is 22.2. The van der Waals surface area contributed by atoms with E-state index in [-0.39, 0.29) is 24.0 Å². The summed E-state index contributed by atoms with van der Waals surface area (Å²) in [6.07, 6.45) is -0.397. The van der Waals surface area contributed by atoms with Crippen LogP contribution in [0.2, 0.25) is 0 Å². The number of anilines is 1. The summed E-state index contributed by atoms with van der Waals surface area (Å²) in [5.74, 6) is -0.265. The third-order valence-electron chi connectivity index (χ3n) is 4.88. The van der Waals surface area contributed by atoms with E-state index in [1.54, 1.807) is 12.1 Å². The first-order valence-corrected chi connectivity index (χ1v) is 9.78. The van der Waals surface area contributed by atoms with Gasteiger partial charge in [-0.3, -0.25) is 0 Å². The molecule has 3 rings (SSSR count). The largest absolute Gasteiger partial charge is 0.396 e. The van der Waals surface area contributed by atoms with E-state index in [1.165, 1.54) is 4.31 Å². The molecular formula is C18H24N2O4S. The molecule has 7 heteroatoms. The van der Waals surface area contributed by atoms with Gasteiger partial charge in [0, 0.05) is 56.2 Å². The average Bonchev–Trinajstić information content (AvgIpc) is 2.60. The van der Waals surface area contributed by atoms with Crippen LogP contribution in [0, 0.1) is 5.92 Å². The van der Waals surface area contributed by atoms with Crippen LogP contribution in [0.15, 0.2) is 41.3 Å². The van der Waals surface area contributed by atoms with Gasteiger partial charge in [0.05, 0.1) is 11.0 Å².